The molecule has 4 heteroatoms. The van der Waals surface area contributed by atoms with Crippen LogP contribution < -0.4 is 0 Å². The van der Waals surface area contributed by atoms with Gasteiger partial charge in [-0.2, -0.15) is 0 Å². The van der Waals surface area contributed by atoms with Crippen molar-refractivity contribution in [3.63, 3.8) is 0 Å². The fourth-order valence-corrected chi connectivity index (χ4v) is 3.19. The first-order valence-electron chi connectivity index (χ1n) is 7.91. The Hall–Kier alpha value is -3.27. The van der Waals surface area contributed by atoms with Gasteiger partial charge in [0.05, 0.1) is 16.7 Å². The zero-order valence-electron chi connectivity index (χ0n) is 13.1. The molecule has 2 aromatic carbocycles. The smallest absolute Gasteiger partial charge is 0.161 e. The molecule has 0 spiro atoms. The highest BCUT2D eigenvalue weighted by molar-refractivity contribution is 5.90. The molecule has 24 heavy (non-hydrogen) atoms. The topological polar surface area (TPSA) is 43.1 Å². The molecule has 0 amide bonds. The average molecular weight is 310 g/mol. The van der Waals surface area contributed by atoms with Crippen LogP contribution in [-0.2, 0) is 0 Å². The van der Waals surface area contributed by atoms with Crippen molar-refractivity contribution in [3.05, 3.63) is 72.4 Å². The largest absolute Gasteiger partial charge is 0.276 e. The predicted molar refractivity (Wildman–Crippen MR) is 96.0 cm³/mol. The van der Waals surface area contributed by atoms with Gasteiger partial charge in [-0.1, -0.05) is 42.5 Å². The second-order valence-corrected chi connectivity index (χ2v) is 5.86. The third-order valence-electron chi connectivity index (χ3n) is 4.35. The molecule has 3 heterocycles. The summed E-state index contributed by atoms with van der Waals surface area (Å²) in [4.78, 5) is 14.3. The molecule has 0 saturated heterocycles. The van der Waals surface area contributed by atoms with Crippen LogP contribution in [0.15, 0.2) is 66.7 Å². The van der Waals surface area contributed by atoms with Crippen molar-refractivity contribution in [1.29, 1.82) is 0 Å². The van der Waals surface area contributed by atoms with Crippen LogP contribution in [0.3, 0.4) is 0 Å². The van der Waals surface area contributed by atoms with E-state index in [4.69, 9.17) is 15.0 Å². The van der Waals surface area contributed by atoms with E-state index in [1.54, 1.807) is 0 Å². The number of rotatable bonds is 1. The minimum absolute atomic E-state index is 0.742. The van der Waals surface area contributed by atoms with Gasteiger partial charge in [-0.3, -0.25) is 4.40 Å². The molecule has 5 aromatic rings. The van der Waals surface area contributed by atoms with Gasteiger partial charge in [0, 0.05) is 10.9 Å². The molecule has 3 aromatic heterocycles. The van der Waals surface area contributed by atoms with Crippen LogP contribution in [0.2, 0.25) is 0 Å². The normalized spacial score (nSPS) is 11.5. The van der Waals surface area contributed by atoms with E-state index in [-0.39, 0.29) is 0 Å². The van der Waals surface area contributed by atoms with Crippen LogP contribution in [0.4, 0.5) is 0 Å². The number of hydrogen-bond donors (Lipinski definition) is 0. The summed E-state index contributed by atoms with van der Waals surface area (Å²) in [5.41, 5.74) is 5.83. The van der Waals surface area contributed by atoms with E-state index >= 15 is 0 Å². The Balaban J connectivity index is 1.95. The van der Waals surface area contributed by atoms with E-state index in [0.29, 0.717) is 0 Å². The Kier molecular flexibility index (Phi) is 2.67. The van der Waals surface area contributed by atoms with Crippen molar-refractivity contribution in [1.82, 2.24) is 19.4 Å². The minimum Gasteiger partial charge on any atom is -0.276 e. The maximum Gasteiger partial charge on any atom is 0.161 e. The van der Waals surface area contributed by atoms with E-state index in [9.17, 15) is 0 Å². The molecule has 0 atom stereocenters. The molecule has 0 bridgehead atoms. The van der Waals surface area contributed by atoms with Gasteiger partial charge in [0.2, 0.25) is 0 Å². The molecule has 0 fully saturated rings. The predicted octanol–water partition coefficient (Wildman–Crippen LogP) is 4.41. The van der Waals surface area contributed by atoms with Gasteiger partial charge in [-0.05, 0) is 31.2 Å². The number of aryl methyl sites for hydroxylation is 1. The monoisotopic (exact) mass is 310 g/mol. The SMILES string of the molecule is Cc1nc(-c2ccccc2)nc2c1ccc1nc3ccccc3n12. The lowest BCUT2D eigenvalue weighted by Gasteiger charge is -2.08. The summed E-state index contributed by atoms with van der Waals surface area (Å²) in [5, 5.41) is 1.05. The van der Waals surface area contributed by atoms with Crippen molar-refractivity contribution in [3.8, 4) is 11.4 Å². The molecule has 0 aliphatic heterocycles. The van der Waals surface area contributed by atoms with E-state index in [2.05, 4.69) is 16.5 Å². The number of para-hydroxylation sites is 2. The lowest BCUT2D eigenvalue weighted by molar-refractivity contribution is 1.12. The number of fused-ring (bicyclic) bond motifs is 5. The molecule has 5 rings (SSSR count). The molecule has 0 radical (unpaired) electrons. The Morgan fingerprint density at radius 3 is 2.42 bits per heavy atom. The fourth-order valence-electron chi connectivity index (χ4n) is 3.19. The van der Waals surface area contributed by atoms with E-state index < -0.39 is 0 Å². The summed E-state index contributed by atoms with van der Waals surface area (Å²) < 4.78 is 2.12. The summed E-state index contributed by atoms with van der Waals surface area (Å²) in [6, 6.07) is 22.3. The molecular formula is C20H14N4. The Labute approximate surface area is 138 Å². The lowest BCUT2D eigenvalue weighted by Crippen LogP contribution is -1.99. The fraction of sp³-hybridized carbons (Fsp3) is 0.0500. The second-order valence-electron chi connectivity index (χ2n) is 5.86. The molecule has 4 nitrogen and oxygen atoms in total. The minimum atomic E-state index is 0.742. The molecule has 0 aliphatic carbocycles. The average Bonchev–Trinajstić information content (AvgIpc) is 3.01. The molecule has 0 aliphatic rings. The van der Waals surface area contributed by atoms with Gasteiger partial charge >= 0.3 is 0 Å². The van der Waals surface area contributed by atoms with Crippen LogP contribution in [0.25, 0.3) is 39.1 Å². The number of aromatic nitrogens is 4. The molecule has 0 N–H and O–H groups in total. The standard InChI is InChI=1S/C20H14N4/c1-13-15-11-12-18-22-16-9-5-6-10-17(16)24(18)20(15)23-19(21-13)14-7-3-2-4-8-14/h2-12H,1H3. The first kappa shape index (κ1) is 13.2. The van der Waals surface area contributed by atoms with Gasteiger partial charge in [0.25, 0.3) is 0 Å². The Bertz CT molecular complexity index is 1210. The summed E-state index contributed by atoms with van der Waals surface area (Å²) in [5.74, 6) is 0.742. The summed E-state index contributed by atoms with van der Waals surface area (Å²) >= 11 is 0. The van der Waals surface area contributed by atoms with E-state index in [0.717, 1.165) is 44.8 Å². The van der Waals surface area contributed by atoms with Crippen molar-refractivity contribution in [2.45, 2.75) is 6.92 Å². The van der Waals surface area contributed by atoms with Gasteiger partial charge in [0.15, 0.2) is 11.5 Å². The number of pyridine rings is 1. The molecule has 0 unspecified atom stereocenters. The highest BCUT2D eigenvalue weighted by Gasteiger charge is 2.12. The first-order chi connectivity index (χ1) is 11.8. The highest BCUT2D eigenvalue weighted by atomic mass is 15.1. The van der Waals surface area contributed by atoms with Crippen molar-refractivity contribution in [2.24, 2.45) is 0 Å². The molecule has 114 valence electrons. The zero-order chi connectivity index (χ0) is 16.1. The Morgan fingerprint density at radius 1 is 0.750 bits per heavy atom. The second kappa shape index (κ2) is 4.86. The molecular weight excluding hydrogens is 296 g/mol. The Morgan fingerprint density at radius 2 is 1.54 bits per heavy atom. The highest BCUT2D eigenvalue weighted by Crippen LogP contribution is 2.25. The number of imidazole rings is 1. The van der Waals surface area contributed by atoms with Gasteiger partial charge in [-0.25, -0.2) is 15.0 Å². The van der Waals surface area contributed by atoms with Crippen LogP contribution >= 0.6 is 0 Å². The third kappa shape index (κ3) is 1.83. The zero-order valence-corrected chi connectivity index (χ0v) is 13.1. The van der Waals surface area contributed by atoms with Crippen LogP contribution in [-0.4, -0.2) is 19.4 Å². The molecule has 0 saturated carbocycles. The van der Waals surface area contributed by atoms with E-state index in [1.165, 1.54) is 0 Å². The summed E-state index contributed by atoms with van der Waals surface area (Å²) in [7, 11) is 0. The van der Waals surface area contributed by atoms with Gasteiger partial charge in [-0.15, -0.1) is 0 Å². The number of benzene rings is 2. The van der Waals surface area contributed by atoms with Crippen LogP contribution in [0, 0.1) is 6.92 Å². The summed E-state index contributed by atoms with van der Waals surface area (Å²) in [6.45, 7) is 2.03. The van der Waals surface area contributed by atoms with Crippen molar-refractivity contribution >= 4 is 27.7 Å². The quantitative estimate of drug-likeness (QED) is 0.461. The maximum absolute atomic E-state index is 4.87. The maximum atomic E-state index is 4.87. The number of hydrogen-bond acceptors (Lipinski definition) is 3. The third-order valence-corrected chi connectivity index (χ3v) is 4.35. The van der Waals surface area contributed by atoms with Gasteiger partial charge < -0.3 is 0 Å². The van der Waals surface area contributed by atoms with Crippen molar-refractivity contribution < 1.29 is 0 Å². The van der Waals surface area contributed by atoms with Crippen LogP contribution in [0.1, 0.15) is 5.69 Å². The van der Waals surface area contributed by atoms with Crippen LogP contribution in [0.5, 0.6) is 0 Å². The lowest BCUT2D eigenvalue weighted by atomic mass is 10.2. The van der Waals surface area contributed by atoms with Gasteiger partial charge in [0.1, 0.15) is 5.65 Å². The summed E-state index contributed by atoms with van der Waals surface area (Å²) in [6.07, 6.45) is 0. The first-order valence-corrected chi connectivity index (χ1v) is 7.91. The van der Waals surface area contributed by atoms with E-state index in [1.807, 2.05) is 61.5 Å². The van der Waals surface area contributed by atoms with Crippen molar-refractivity contribution in [2.75, 3.05) is 0 Å². The number of nitrogens with zero attached hydrogens (tertiary/aromatic N) is 4.